The van der Waals surface area contributed by atoms with Gasteiger partial charge in [-0.3, -0.25) is 9.78 Å². The summed E-state index contributed by atoms with van der Waals surface area (Å²) in [5, 5.41) is 5.93. The maximum atomic E-state index is 12.7. The highest BCUT2D eigenvalue weighted by Gasteiger charge is 2.27. The van der Waals surface area contributed by atoms with Crippen LogP contribution in [0.3, 0.4) is 0 Å². The van der Waals surface area contributed by atoms with Gasteiger partial charge in [-0.1, -0.05) is 17.3 Å². The lowest BCUT2D eigenvalue weighted by Crippen LogP contribution is -2.52. The van der Waals surface area contributed by atoms with Gasteiger partial charge in [0, 0.05) is 54.9 Å². The Bertz CT molecular complexity index is 950. The van der Waals surface area contributed by atoms with Crippen molar-refractivity contribution < 1.29 is 14.1 Å². The van der Waals surface area contributed by atoms with Crippen LogP contribution in [-0.4, -0.2) is 58.6 Å². The number of nitrogens with zero attached hydrogens (tertiary/aromatic N) is 4. The number of aromatic nitrogens is 2. The first-order chi connectivity index (χ1) is 13.1. The molecule has 0 spiro atoms. The Morgan fingerprint density at radius 1 is 1.33 bits per heavy atom. The molecule has 7 nitrogen and oxygen atoms in total. The summed E-state index contributed by atoms with van der Waals surface area (Å²) in [6, 6.07) is 9.71. The van der Waals surface area contributed by atoms with Gasteiger partial charge >= 0.3 is 0 Å². The Balaban J connectivity index is 1.43. The van der Waals surface area contributed by atoms with Gasteiger partial charge in [-0.25, -0.2) is 0 Å². The van der Waals surface area contributed by atoms with Crippen LogP contribution < -0.4 is 4.74 Å². The number of likely N-dealkylation sites (N-methyl/N-ethyl adjacent to an activating group) is 1. The first-order valence-electron chi connectivity index (χ1n) is 9.02. The molecule has 1 aliphatic heterocycles. The van der Waals surface area contributed by atoms with E-state index in [1.54, 1.807) is 18.5 Å². The number of carbonyl (C=O) groups is 1. The summed E-state index contributed by atoms with van der Waals surface area (Å²) < 4.78 is 11.2. The molecule has 0 radical (unpaired) electrons. The van der Waals surface area contributed by atoms with E-state index in [0.717, 1.165) is 23.1 Å². The van der Waals surface area contributed by atoms with Crippen molar-refractivity contribution in [3.05, 3.63) is 54.2 Å². The number of ether oxygens (including phenoxy) is 1. The summed E-state index contributed by atoms with van der Waals surface area (Å²) in [7, 11) is 2.07. The molecule has 1 saturated heterocycles. The minimum Gasteiger partial charge on any atom is -0.485 e. The molecule has 0 aliphatic carbocycles. The van der Waals surface area contributed by atoms with Crippen LogP contribution >= 0.6 is 0 Å². The fourth-order valence-electron chi connectivity index (χ4n) is 3.24. The number of pyridine rings is 1. The second kappa shape index (κ2) is 7.36. The minimum absolute atomic E-state index is 0.0961. The Kier molecular flexibility index (Phi) is 4.77. The Morgan fingerprint density at radius 3 is 3.07 bits per heavy atom. The van der Waals surface area contributed by atoms with E-state index in [1.165, 1.54) is 0 Å². The van der Waals surface area contributed by atoms with Crippen LogP contribution in [0.2, 0.25) is 0 Å². The van der Waals surface area contributed by atoms with Crippen molar-refractivity contribution >= 4 is 16.7 Å². The molecule has 1 amide bonds. The molecule has 3 aromatic rings. The van der Waals surface area contributed by atoms with Crippen molar-refractivity contribution in [1.82, 2.24) is 19.9 Å². The molecule has 27 heavy (non-hydrogen) atoms. The third-order valence-corrected chi connectivity index (χ3v) is 5.04. The zero-order chi connectivity index (χ0) is 18.8. The largest absolute Gasteiger partial charge is 0.485 e. The van der Waals surface area contributed by atoms with Gasteiger partial charge in [0.15, 0.2) is 11.5 Å². The number of piperazine rings is 1. The summed E-state index contributed by atoms with van der Waals surface area (Å²) >= 11 is 0. The summed E-state index contributed by atoms with van der Waals surface area (Å²) in [4.78, 5) is 20.8. The molecule has 3 heterocycles. The third-order valence-electron chi connectivity index (χ3n) is 5.04. The number of benzene rings is 1. The molecule has 1 fully saturated rings. The van der Waals surface area contributed by atoms with Crippen molar-refractivity contribution in [3.63, 3.8) is 0 Å². The molecule has 1 aromatic carbocycles. The number of rotatable bonds is 4. The predicted molar refractivity (Wildman–Crippen MR) is 101 cm³/mol. The molecular weight excluding hydrogens is 344 g/mol. The second-order valence-corrected chi connectivity index (χ2v) is 6.90. The van der Waals surface area contributed by atoms with Gasteiger partial charge in [0.05, 0.1) is 0 Å². The zero-order valence-corrected chi connectivity index (χ0v) is 15.5. The standard InChI is InChI=1S/C20H22N4O3/c1-14-12-24(9-8-23(14)2)20(25)18-10-16(27-22-18)13-26-19-5-3-4-15-11-21-7-6-17(15)19/h3-7,10-11,14H,8-9,12-13H2,1-2H3. The molecule has 2 aromatic heterocycles. The number of amides is 1. The van der Waals surface area contributed by atoms with Crippen LogP contribution in [0.4, 0.5) is 0 Å². The summed E-state index contributed by atoms with van der Waals surface area (Å²) in [6.45, 7) is 4.57. The number of fused-ring (bicyclic) bond motifs is 1. The molecule has 1 unspecified atom stereocenters. The monoisotopic (exact) mass is 366 g/mol. The third kappa shape index (κ3) is 3.64. The van der Waals surface area contributed by atoms with Crippen molar-refractivity contribution in [1.29, 1.82) is 0 Å². The molecule has 4 rings (SSSR count). The smallest absolute Gasteiger partial charge is 0.276 e. The lowest BCUT2D eigenvalue weighted by atomic mass is 10.1. The maximum absolute atomic E-state index is 12.7. The van der Waals surface area contributed by atoms with Crippen LogP contribution in [0.1, 0.15) is 23.2 Å². The van der Waals surface area contributed by atoms with Gasteiger partial charge in [0.2, 0.25) is 0 Å². The van der Waals surface area contributed by atoms with Gasteiger partial charge in [-0.2, -0.15) is 0 Å². The lowest BCUT2D eigenvalue weighted by molar-refractivity contribution is 0.0562. The van der Waals surface area contributed by atoms with E-state index in [2.05, 4.69) is 29.0 Å². The first-order valence-corrected chi connectivity index (χ1v) is 9.02. The highest BCUT2D eigenvalue weighted by Crippen LogP contribution is 2.25. The van der Waals surface area contributed by atoms with Crippen LogP contribution in [0.5, 0.6) is 5.75 Å². The average Bonchev–Trinajstić information content (AvgIpc) is 3.17. The topological polar surface area (TPSA) is 71.7 Å². The molecule has 7 heteroatoms. The fourth-order valence-corrected chi connectivity index (χ4v) is 3.24. The van der Waals surface area contributed by atoms with E-state index in [0.29, 0.717) is 30.6 Å². The van der Waals surface area contributed by atoms with E-state index in [9.17, 15) is 4.79 Å². The molecule has 0 saturated carbocycles. The molecule has 1 aliphatic rings. The van der Waals surface area contributed by atoms with Gasteiger partial charge in [0.25, 0.3) is 5.91 Å². The first kappa shape index (κ1) is 17.5. The lowest BCUT2D eigenvalue weighted by Gasteiger charge is -2.37. The molecule has 0 bridgehead atoms. The van der Waals surface area contributed by atoms with Crippen molar-refractivity contribution in [2.24, 2.45) is 0 Å². The molecular formula is C20H22N4O3. The van der Waals surface area contributed by atoms with Crippen LogP contribution in [0, 0.1) is 0 Å². The number of carbonyl (C=O) groups excluding carboxylic acids is 1. The zero-order valence-electron chi connectivity index (χ0n) is 15.5. The van der Waals surface area contributed by atoms with Crippen LogP contribution in [0.15, 0.2) is 47.2 Å². The molecule has 0 N–H and O–H groups in total. The van der Waals surface area contributed by atoms with E-state index < -0.39 is 0 Å². The Morgan fingerprint density at radius 2 is 2.22 bits per heavy atom. The van der Waals surface area contributed by atoms with E-state index in [4.69, 9.17) is 9.26 Å². The minimum atomic E-state index is -0.0961. The Labute approximate surface area is 157 Å². The predicted octanol–water partition coefficient (Wildman–Crippen LogP) is 2.58. The van der Waals surface area contributed by atoms with E-state index in [-0.39, 0.29) is 12.5 Å². The fraction of sp³-hybridized carbons (Fsp3) is 0.350. The highest BCUT2D eigenvalue weighted by atomic mass is 16.5. The summed E-state index contributed by atoms with van der Waals surface area (Å²) in [5.41, 5.74) is 0.326. The number of hydrogen-bond donors (Lipinski definition) is 0. The number of hydrogen-bond acceptors (Lipinski definition) is 6. The van der Waals surface area contributed by atoms with Gasteiger partial charge in [-0.15, -0.1) is 0 Å². The second-order valence-electron chi connectivity index (χ2n) is 6.90. The summed E-state index contributed by atoms with van der Waals surface area (Å²) in [5.74, 6) is 1.17. The van der Waals surface area contributed by atoms with Crippen LogP contribution in [0.25, 0.3) is 10.8 Å². The molecule has 140 valence electrons. The Hall–Kier alpha value is -2.93. The van der Waals surface area contributed by atoms with Gasteiger partial charge in [-0.05, 0) is 26.1 Å². The van der Waals surface area contributed by atoms with Crippen molar-refractivity contribution in [2.45, 2.75) is 19.6 Å². The van der Waals surface area contributed by atoms with E-state index in [1.807, 2.05) is 29.2 Å². The average molecular weight is 366 g/mol. The normalized spacial score (nSPS) is 18.0. The van der Waals surface area contributed by atoms with Crippen LogP contribution in [-0.2, 0) is 6.61 Å². The maximum Gasteiger partial charge on any atom is 0.276 e. The summed E-state index contributed by atoms with van der Waals surface area (Å²) in [6.07, 6.45) is 3.53. The van der Waals surface area contributed by atoms with Gasteiger partial charge < -0.3 is 19.1 Å². The SMILES string of the molecule is CC1CN(C(=O)c2cc(COc3cccc4cnccc34)on2)CCN1C. The van der Waals surface area contributed by atoms with E-state index >= 15 is 0 Å². The molecule has 1 atom stereocenters. The quantitative estimate of drug-likeness (QED) is 0.707. The highest BCUT2D eigenvalue weighted by molar-refractivity contribution is 5.92. The van der Waals surface area contributed by atoms with Crippen molar-refractivity contribution in [3.8, 4) is 5.75 Å². The van der Waals surface area contributed by atoms with Crippen molar-refractivity contribution in [2.75, 3.05) is 26.7 Å². The van der Waals surface area contributed by atoms with Gasteiger partial charge in [0.1, 0.15) is 12.4 Å².